The molecule has 2 aromatic carbocycles. The van der Waals surface area contributed by atoms with E-state index in [9.17, 15) is 4.79 Å². The fourth-order valence-corrected chi connectivity index (χ4v) is 2.97. The molecule has 1 aliphatic heterocycles. The summed E-state index contributed by atoms with van der Waals surface area (Å²) in [5, 5.41) is 10.8. The Morgan fingerprint density at radius 1 is 1.07 bits per heavy atom. The molecule has 0 spiro atoms. The highest BCUT2D eigenvalue weighted by Crippen LogP contribution is 2.24. The maximum absolute atomic E-state index is 12.7. The van der Waals surface area contributed by atoms with Gasteiger partial charge in [0.15, 0.2) is 0 Å². The minimum Gasteiger partial charge on any atom is -0.407 e. The van der Waals surface area contributed by atoms with Gasteiger partial charge in [-0.05, 0) is 18.2 Å². The van der Waals surface area contributed by atoms with Crippen LogP contribution < -0.4 is 11.1 Å². The highest BCUT2D eigenvalue weighted by molar-refractivity contribution is 6.19. The van der Waals surface area contributed by atoms with E-state index in [1.54, 1.807) is 24.4 Å². The monoisotopic (exact) mass is 398 g/mol. The molecule has 8 nitrogen and oxygen atoms in total. The molecule has 0 fully saturated rings. The summed E-state index contributed by atoms with van der Waals surface area (Å²) in [5.41, 5.74) is 9.14. The third-order valence-corrected chi connectivity index (χ3v) is 4.35. The standard InChI is InChI=1S/C22H18N6O2/c23-19(15-9-6-12-25-13-15)30-22(24)28-20-21(29)26-17-11-5-4-10-16(17)18(27-20)14-7-2-1-3-8-14/h1-13,20,23H,(H2,24,28)(H,26,29). The van der Waals surface area contributed by atoms with Crippen LogP contribution in [-0.2, 0) is 9.53 Å². The number of rotatable bonds is 3. The number of nitrogens with zero attached hydrogens (tertiary/aromatic N) is 3. The first-order valence-corrected chi connectivity index (χ1v) is 9.15. The van der Waals surface area contributed by atoms with Crippen LogP contribution in [-0.4, -0.2) is 34.7 Å². The zero-order valence-electron chi connectivity index (χ0n) is 15.8. The summed E-state index contributed by atoms with van der Waals surface area (Å²) in [7, 11) is 0. The second kappa shape index (κ2) is 8.36. The van der Waals surface area contributed by atoms with Crippen molar-refractivity contribution < 1.29 is 9.53 Å². The minimum atomic E-state index is -1.17. The summed E-state index contributed by atoms with van der Waals surface area (Å²) in [4.78, 5) is 25.4. The Labute approximate surface area is 172 Å². The molecule has 4 rings (SSSR count). The zero-order chi connectivity index (χ0) is 20.9. The van der Waals surface area contributed by atoms with Gasteiger partial charge in [-0.3, -0.25) is 15.2 Å². The quantitative estimate of drug-likeness (QED) is 0.463. The van der Waals surface area contributed by atoms with Crippen molar-refractivity contribution in [2.24, 2.45) is 15.7 Å². The molecule has 0 radical (unpaired) electrons. The van der Waals surface area contributed by atoms with Gasteiger partial charge >= 0.3 is 0 Å². The number of hydrogen-bond acceptors (Lipinski definition) is 6. The van der Waals surface area contributed by atoms with Gasteiger partial charge in [0, 0.05) is 23.5 Å². The number of aromatic nitrogens is 1. The number of nitrogens with two attached hydrogens (primary N) is 1. The summed E-state index contributed by atoms with van der Waals surface area (Å²) in [6, 6.07) is 19.9. The maximum atomic E-state index is 12.7. The van der Waals surface area contributed by atoms with Crippen LogP contribution in [0.25, 0.3) is 0 Å². The maximum Gasteiger partial charge on any atom is 0.291 e. The smallest absolute Gasteiger partial charge is 0.291 e. The molecule has 148 valence electrons. The van der Waals surface area contributed by atoms with Crippen LogP contribution in [0.2, 0.25) is 0 Å². The van der Waals surface area contributed by atoms with Crippen LogP contribution in [0.3, 0.4) is 0 Å². The van der Waals surface area contributed by atoms with Crippen LogP contribution in [0.5, 0.6) is 0 Å². The Balaban J connectivity index is 1.68. The number of fused-ring (bicyclic) bond motifs is 1. The third kappa shape index (κ3) is 4.07. The molecule has 1 amide bonds. The van der Waals surface area contributed by atoms with Crippen molar-refractivity contribution in [1.29, 1.82) is 5.41 Å². The minimum absolute atomic E-state index is 0.228. The molecule has 1 atom stereocenters. The van der Waals surface area contributed by atoms with Crippen molar-refractivity contribution in [2.75, 3.05) is 5.32 Å². The van der Waals surface area contributed by atoms with Crippen molar-refractivity contribution in [3.8, 4) is 0 Å². The van der Waals surface area contributed by atoms with Crippen molar-refractivity contribution in [2.45, 2.75) is 6.17 Å². The predicted molar refractivity (Wildman–Crippen MR) is 115 cm³/mol. The van der Waals surface area contributed by atoms with E-state index in [0.717, 1.165) is 11.1 Å². The first-order chi connectivity index (χ1) is 14.6. The largest absolute Gasteiger partial charge is 0.407 e. The second-order valence-corrected chi connectivity index (χ2v) is 6.39. The number of anilines is 1. The molecule has 2 heterocycles. The number of carbonyl (C=O) groups is 1. The lowest BCUT2D eigenvalue weighted by Crippen LogP contribution is -2.29. The topological polar surface area (TPSA) is 126 Å². The fourth-order valence-electron chi connectivity index (χ4n) is 2.97. The Morgan fingerprint density at radius 3 is 2.60 bits per heavy atom. The molecule has 0 saturated carbocycles. The first-order valence-electron chi connectivity index (χ1n) is 9.15. The van der Waals surface area contributed by atoms with E-state index in [2.05, 4.69) is 20.3 Å². The molecule has 1 aliphatic rings. The normalized spacial score (nSPS) is 16.0. The summed E-state index contributed by atoms with van der Waals surface area (Å²) in [5.74, 6) is -0.679. The van der Waals surface area contributed by atoms with Gasteiger partial charge in [0.2, 0.25) is 12.1 Å². The number of amidine groups is 1. The van der Waals surface area contributed by atoms with Crippen LogP contribution >= 0.6 is 0 Å². The fraction of sp³-hybridized carbons (Fsp3) is 0.0455. The Morgan fingerprint density at radius 2 is 1.83 bits per heavy atom. The zero-order valence-corrected chi connectivity index (χ0v) is 15.8. The molecule has 0 aliphatic carbocycles. The van der Waals surface area contributed by atoms with E-state index >= 15 is 0 Å². The average Bonchev–Trinajstić information content (AvgIpc) is 2.91. The van der Waals surface area contributed by atoms with E-state index in [4.69, 9.17) is 15.9 Å². The van der Waals surface area contributed by atoms with E-state index in [1.165, 1.54) is 6.20 Å². The molecular formula is C22H18N6O2. The lowest BCUT2D eigenvalue weighted by atomic mass is 10.0. The van der Waals surface area contributed by atoms with Gasteiger partial charge in [-0.25, -0.2) is 4.99 Å². The highest BCUT2D eigenvalue weighted by atomic mass is 16.5. The second-order valence-electron chi connectivity index (χ2n) is 6.39. The molecule has 1 aromatic heterocycles. The van der Waals surface area contributed by atoms with Crippen LogP contribution in [0.15, 0.2) is 89.1 Å². The van der Waals surface area contributed by atoms with Crippen molar-refractivity contribution in [3.63, 3.8) is 0 Å². The van der Waals surface area contributed by atoms with Gasteiger partial charge in [-0.2, -0.15) is 4.99 Å². The molecular weight excluding hydrogens is 380 g/mol. The van der Waals surface area contributed by atoms with Crippen LogP contribution in [0.1, 0.15) is 16.7 Å². The SMILES string of the molecule is N=C(O/C(N)=N/C1N=C(c2ccccc2)c2ccccc2NC1=O)c1cccnc1. The van der Waals surface area contributed by atoms with Gasteiger partial charge in [0.25, 0.3) is 11.9 Å². The molecule has 4 N–H and O–H groups in total. The lowest BCUT2D eigenvalue weighted by molar-refractivity contribution is -0.117. The van der Waals surface area contributed by atoms with Gasteiger partial charge in [0.05, 0.1) is 17.0 Å². The van der Waals surface area contributed by atoms with E-state index in [1.807, 2.05) is 48.5 Å². The molecule has 0 saturated heterocycles. The lowest BCUT2D eigenvalue weighted by Gasteiger charge is -2.09. The summed E-state index contributed by atoms with van der Waals surface area (Å²) in [6.07, 6.45) is 1.88. The molecule has 8 heteroatoms. The summed E-state index contributed by atoms with van der Waals surface area (Å²) in [6.45, 7) is 0. The molecule has 0 bridgehead atoms. The van der Waals surface area contributed by atoms with E-state index in [-0.39, 0.29) is 11.9 Å². The number of amides is 1. The molecule has 1 unspecified atom stereocenters. The Kier molecular flexibility index (Phi) is 5.29. The van der Waals surface area contributed by atoms with Gasteiger partial charge in [0.1, 0.15) is 0 Å². The number of hydrogen-bond donors (Lipinski definition) is 3. The Hall–Kier alpha value is -4.33. The number of carbonyl (C=O) groups excluding carboxylic acids is 1. The van der Waals surface area contributed by atoms with Crippen LogP contribution in [0, 0.1) is 5.41 Å². The molecule has 30 heavy (non-hydrogen) atoms. The highest BCUT2D eigenvalue weighted by Gasteiger charge is 2.26. The number of ether oxygens (including phenoxy) is 1. The summed E-state index contributed by atoms with van der Waals surface area (Å²) < 4.78 is 5.27. The predicted octanol–water partition coefficient (Wildman–Crippen LogP) is 2.55. The number of benzene rings is 2. The van der Waals surface area contributed by atoms with E-state index in [0.29, 0.717) is 17.0 Å². The first kappa shape index (κ1) is 19.0. The Bertz CT molecular complexity index is 1140. The number of aliphatic imine (C=N–C) groups is 2. The number of para-hydroxylation sites is 1. The summed E-state index contributed by atoms with van der Waals surface area (Å²) >= 11 is 0. The van der Waals surface area contributed by atoms with E-state index < -0.39 is 12.1 Å². The third-order valence-electron chi connectivity index (χ3n) is 4.35. The number of pyridine rings is 1. The molecule has 3 aromatic rings. The number of benzodiazepines with no additional fused rings is 1. The number of nitrogens with one attached hydrogen (secondary N) is 2. The van der Waals surface area contributed by atoms with Crippen molar-refractivity contribution >= 4 is 29.2 Å². The van der Waals surface area contributed by atoms with Gasteiger partial charge < -0.3 is 15.8 Å². The van der Waals surface area contributed by atoms with Gasteiger partial charge in [-0.1, -0.05) is 48.5 Å². The van der Waals surface area contributed by atoms with Gasteiger partial charge in [-0.15, -0.1) is 0 Å². The van der Waals surface area contributed by atoms with Crippen LogP contribution in [0.4, 0.5) is 5.69 Å². The average molecular weight is 398 g/mol. The van der Waals surface area contributed by atoms with Crippen molar-refractivity contribution in [1.82, 2.24) is 4.98 Å². The van der Waals surface area contributed by atoms with Crippen molar-refractivity contribution in [3.05, 3.63) is 95.8 Å².